The molecule has 246 valence electrons. The summed E-state index contributed by atoms with van der Waals surface area (Å²) in [6.07, 6.45) is 0. The SMILES string of the molecule is Cc1cc(-c2cc(-n3c4ccccc4c4ccc(C(C)(C)C)cc43)c(C#N)cc2-n2c3ccccc3c3ccc(C(C)(C)C)cc32)cc(C)n1. The monoisotopic (exact) mass is 650 g/mol. The first-order valence-electron chi connectivity index (χ1n) is 17.5. The molecule has 0 amide bonds. The standard InChI is InChI=1S/C46H42N4/c1-28-21-30(22-29(2)48-28)38-26-41(49-39-15-11-9-13-34(39)36-19-17-32(24-43(36)49)45(3,4)5)31(27-47)23-42(38)50-40-16-12-10-14-35(40)37-20-18-33(25-44(37)50)46(6,7)8/h9-26H,1-8H3. The van der Waals surface area contributed by atoms with Crippen LogP contribution in [0.3, 0.4) is 0 Å². The highest BCUT2D eigenvalue weighted by molar-refractivity contribution is 6.11. The average molecular weight is 651 g/mol. The highest BCUT2D eigenvalue weighted by Crippen LogP contribution is 2.42. The molecule has 5 aromatic carbocycles. The van der Waals surface area contributed by atoms with E-state index < -0.39 is 0 Å². The van der Waals surface area contributed by atoms with Crippen LogP contribution in [0.2, 0.25) is 0 Å². The van der Waals surface area contributed by atoms with Crippen molar-refractivity contribution in [3.8, 4) is 28.6 Å². The lowest BCUT2D eigenvalue weighted by atomic mass is 9.86. The minimum atomic E-state index is -0.0307. The number of pyridine rings is 1. The number of hydrogen-bond donors (Lipinski definition) is 0. The summed E-state index contributed by atoms with van der Waals surface area (Å²) >= 11 is 0. The first-order chi connectivity index (χ1) is 23.8. The van der Waals surface area contributed by atoms with Gasteiger partial charge in [-0.25, -0.2) is 0 Å². The Hall–Kier alpha value is -5.66. The van der Waals surface area contributed by atoms with Crippen LogP contribution < -0.4 is 0 Å². The van der Waals surface area contributed by atoms with Gasteiger partial charge < -0.3 is 9.13 Å². The van der Waals surface area contributed by atoms with Crippen LogP contribution in [-0.2, 0) is 10.8 Å². The summed E-state index contributed by atoms with van der Waals surface area (Å²) in [6, 6.07) is 42.1. The molecule has 3 heterocycles. The Kier molecular flexibility index (Phi) is 7.07. The first kappa shape index (κ1) is 31.6. The van der Waals surface area contributed by atoms with Crippen LogP contribution in [0.4, 0.5) is 0 Å². The molecule has 4 nitrogen and oxygen atoms in total. The number of benzene rings is 5. The summed E-state index contributed by atoms with van der Waals surface area (Å²) in [7, 11) is 0. The summed E-state index contributed by atoms with van der Waals surface area (Å²) in [5.41, 5.74) is 13.4. The van der Waals surface area contributed by atoms with E-state index in [1.54, 1.807) is 0 Å². The lowest BCUT2D eigenvalue weighted by molar-refractivity contribution is 0.590. The van der Waals surface area contributed by atoms with Gasteiger partial charge in [0.1, 0.15) is 6.07 Å². The third-order valence-corrected chi connectivity index (χ3v) is 10.2. The van der Waals surface area contributed by atoms with E-state index in [1.165, 1.54) is 32.7 Å². The van der Waals surface area contributed by atoms with Crippen molar-refractivity contribution in [1.82, 2.24) is 14.1 Å². The lowest BCUT2D eigenvalue weighted by Gasteiger charge is -2.22. The molecule has 0 fully saturated rings. The maximum atomic E-state index is 11.0. The van der Waals surface area contributed by atoms with Crippen LogP contribution in [0.5, 0.6) is 0 Å². The van der Waals surface area contributed by atoms with E-state index in [4.69, 9.17) is 4.98 Å². The number of aryl methyl sites for hydroxylation is 2. The van der Waals surface area contributed by atoms with Gasteiger partial charge in [0, 0.05) is 38.5 Å². The number of hydrogen-bond acceptors (Lipinski definition) is 2. The molecule has 0 spiro atoms. The fourth-order valence-corrected chi connectivity index (χ4v) is 7.65. The van der Waals surface area contributed by atoms with E-state index >= 15 is 0 Å². The van der Waals surface area contributed by atoms with E-state index in [2.05, 4.69) is 180 Å². The van der Waals surface area contributed by atoms with Crippen molar-refractivity contribution in [3.63, 3.8) is 0 Å². The van der Waals surface area contributed by atoms with Crippen LogP contribution in [0.25, 0.3) is 66.1 Å². The summed E-state index contributed by atoms with van der Waals surface area (Å²) in [4.78, 5) is 4.75. The van der Waals surface area contributed by atoms with Gasteiger partial charge in [-0.1, -0.05) is 102 Å². The van der Waals surface area contributed by atoms with E-state index in [0.29, 0.717) is 5.56 Å². The number of nitrogens with zero attached hydrogens (tertiary/aromatic N) is 4. The van der Waals surface area contributed by atoms with Gasteiger partial charge in [0.15, 0.2) is 0 Å². The number of para-hydroxylation sites is 2. The molecule has 8 aromatic rings. The van der Waals surface area contributed by atoms with Crippen molar-refractivity contribution in [2.45, 2.75) is 66.2 Å². The Morgan fingerprint density at radius 3 is 1.46 bits per heavy atom. The Balaban J connectivity index is 1.54. The van der Waals surface area contributed by atoms with Crippen LogP contribution in [0.15, 0.2) is 109 Å². The molecule has 0 aliphatic rings. The molecule has 0 saturated heterocycles. The Morgan fingerprint density at radius 1 is 0.520 bits per heavy atom. The van der Waals surface area contributed by atoms with Crippen molar-refractivity contribution in [2.75, 3.05) is 0 Å². The second-order valence-corrected chi connectivity index (χ2v) is 15.8. The highest BCUT2D eigenvalue weighted by Gasteiger charge is 2.24. The van der Waals surface area contributed by atoms with Gasteiger partial charge in [-0.05, 0) is 89.9 Å². The molecule has 4 heteroatoms. The van der Waals surface area contributed by atoms with Gasteiger partial charge in [0.25, 0.3) is 0 Å². The minimum absolute atomic E-state index is 0.0260. The molecule has 0 aliphatic heterocycles. The Bertz CT molecular complexity index is 2680. The highest BCUT2D eigenvalue weighted by atomic mass is 15.0. The van der Waals surface area contributed by atoms with Crippen LogP contribution in [-0.4, -0.2) is 14.1 Å². The predicted octanol–water partition coefficient (Wildman–Crippen LogP) is 12.0. The van der Waals surface area contributed by atoms with Crippen molar-refractivity contribution >= 4 is 43.6 Å². The summed E-state index contributed by atoms with van der Waals surface area (Å²) < 4.78 is 4.67. The summed E-state index contributed by atoms with van der Waals surface area (Å²) in [5.74, 6) is 0. The zero-order valence-electron chi connectivity index (χ0n) is 30.2. The topological polar surface area (TPSA) is 46.5 Å². The number of aromatic nitrogens is 3. The van der Waals surface area contributed by atoms with Gasteiger partial charge in [0.05, 0.1) is 39.0 Å². The average Bonchev–Trinajstić information content (AvgIpc) is 3.58. The molecule has 0 bridgehead atoms. The van der Waals surface area contributed by atoms with Crippen LogP contribution >= 0.6 is 0 Å². The summed E-state index contributed by atoms with van der Waals surface area (Å²) in [5, 5.41) is 15.7. The van der Waals surface area contributed by atoms with Gasteiger partial charge in [-0.15, -0.1) is 0 Å². The Labute approximate surface area is 294 Å². The second-order valence-electron chi connectivity index (χ2n) is 15.8. The van der Waals surface area contributed by atoms with Gasteiger partial charge in [-0.2, -0.15) is 5.26 Å². The number of rotatable bonds is 3. The van der Waals surface area contributed by atoms with Gasteiger partial charge in [0.2, 0.25) is 0 Å². The van der Waals surface area contributed by atoms with Crippen molar-refractivity contribution in [3.05, 3.63) is 137 Å². The number of nitriles is 1. The lowest BCUT2D eigenvalue weighted by Crippen LogP contribution is -2.11. The normalized spacial score (nSPS) is 12.4. The molecular weight excluding hydrogens is 609 g/mol. The molecule has 0 radical (unpaired) electrons. The van der Waals surface area contributed by atoms with Crippen LogP contribution in [0.1, 0.15) is 69.6 Å². The predicted molar refractivity (Wildman–Crippen MR) is 210 cm³/mol. The van der Waals surface area contributed by atoms with E-state index in [1.807, 2.05) is 0 Å². The largest absolute Gasteiger partial charge is 0.309 e. The third kappa shape index (κ3) is 5.00. The molecule has 50 heavy (non-hydrogen) atoms. The second kappa shape index (κ2) is 11.2. The zero-order chi connectivity index (χ0) is 35.1. The molecule has 0 saturated carbocycles. The molecule has 0 N–H and O–H groups in total. The van der Waals surface area contributed by atoms with E-state index in [9.17, 15) is 5.26 Å². The molecule has 0 aliphatic carbocycles. The van der Waals surface area contributed by atoms with Gasteiger partial charge in [-0.3, -0.25) is 4.98 Å². The van der Waals surface area contributed by atoms with E-state index in [0.717, 1.165) is 56.0 Å². The Morgan fingerprint density at radius 2 is 0.980 bits per heavy atom. The molecular formula is C46H42N4. The third-order valence-electron chi connectivity index (χ3n) is 10.2. The fraction of sp³-hybridized carbons (Fsp3) is 0.217. The van der Waals surface area contributed by atoms with Crippen molar-refractivity contribution in [1.29, 1.82) is 5.26 Å². The van der Waals surface area contributed by atoms with Crippen LogP contribution in [0, 0.1) is 25.2 Å². The van der Waals surface area contributed by atoms with E-state index in [-0.39, 0.29) is 10.8 Å². The minimum Gasteiger partial charge on any atom is -0.309 e. The quantitative estimate of drug-likeness (QED) is 0.191. The first-order valence-corrected chi connectivity index (χ1v) is 17.5. The van der Waals surface area contributed by atoms with Crippen molar-refractivity contribution < 1.29 is 0 Å². The number of fused-ring (bicyclic) bond motifs is 6. The zero-order valence-corrected chi connectivity index (χ0v) is 30.2. The van der Waals surface area contributed by atoms with Gasteiger partial charge >= 0.3 is 0 Å². The smallest absolute Gasteiger partial charge is 0.101 e. The van der Waals surface area contributed by atoms with Crippen molar-refractivity contribution in [2.24, 2.45) is 0 Å². The summed E-state index contributed by atoms with van der Waals surface area (Å²) in [6.45, 7) is 17.6. The molecule has 3 aromatic heterocycles. The fourth-order valence-electron chi connectivity index (χ4n) is 7.65. The molecule has 8 rings (SSSR count). The maximum Gasteiger partial charge on any atom is 0.101 e. The maximum absolute atomic E-state index is 11.0. The molecule has 0 unspecified atom stereocenters. The molecule has 0 atom stereocenters.